The molecule has 0 saturated carbocycles. The lowest BCUT2D eigenvalue weighted by Crippen LogP contribution is -1.93. The monoisotopic (exact) mass is 202 g/mol. The van der Waals surface area contributed by atoms with Crippen LogP contribution in [-0.2, 0) is 6.42 Å². The van der Waals surface area contributed by atoms with Gasteiger partial charge in [-0.1, -0.05) is 18.2 Å². The fourth-order valence-electron chi connectivity index (χ4n) is 1.50. The molecule has 1 aromatic carbocycles. The van der Waals surface area contributed by atoms with Crippen LogP contribution in [0.2, 0.25) is 0 Å². The van der Waals surface area contributed by atoms with Crippen LogP contribution in [0, 0.1) is 13.8 Å². The first-order chi connectivity index (χ1) is 7.15. The molecule has 3 N–H and O–H groups in total. The second-order valence-electron chi connectivity index (χ2n) is 3.74. The van der Waals surface area contributed by atoms with Crippen molar-refractivity contribution in [1.29, 1.82) is 0 Å². The quantitative estimate of drug-likeness (QED) is 0.777. The van der Waals surface area contributed by atoms with Gasteiger partial charge in [0, 0.05) is 6.42 Å². The minimum atomic E-state index is 0.300. The number of hydrogen-bond acceptors (Lipinski definition) is 3. The number of nitrogen functional groups attached to an aromatic ring is 1. The summed E-state index contributed by atoms with van der Waals surface area (Å²) in [5.41, 5.74) is 9.24. The highest BCUT2D eigenvalue weighted by molar-refractivity contribution is 5.31. The Morgan fingerprint density at radius 1 is 1.27 bits per heavy atom. The Kier molecular flexibility index (Phi) is 2.41. The van der Waals surface area contributed by atoms with Crippen LogP contribution in [0.25, 0.3) is 0 Å². The fraction of sp³-hybridized carbons (Fsp3) is 0.273. The minimum absolute atomic E-state index is 0.300. The second-order valence-corrected chi connectivity index (χ2v) is 3.74. The molecule has 0 amide bonds. The molecule has 0 radical (unpaired) electrons. The molecule has 4 nitrogen and oxygen atoms in total. The van der Waals surface area contributed by atoms with Crippen LogP contribution in [0.3, 0.4) is 0 Å². The summed E-state index contributed by atoms with van der Waals surface area (Å²) in [7, 11) is 0. The van der Waals surface area contributed by atoms with Crippen LogP contribution < -0.4 is 5.73 Å². The second kappa shape index (κ2) is 3.73. The fourth-order valence-corrected chi connectivity index (χ4v) is 1.50. The van der Waals surface area contributed by atoms with Crippen LogP contribution >= 0.6 is 0 Å². The van der Waals surface area contributed by atoms with Gasteiger partial charge in [-0.05, 0) is 30.5 Å². The molecule has 15 heavy (non-hydrogen) atoms. The smallest absolute Gasteiger partial charge is 0.239 e. The van der Waals surface area contributed by atoms with Crippen molar-refractivity contribution in [2.45, 2.75) is 20.3 Å². The first-order valence-corrected chi connectivity index (χ1v) is 4.88. The number of aryl methyl sites for hydroxylation is 2. The molecule has 2 aromatic rings. The standard InChI is InChI=1S/C11H14N4/c1-7-3-4-9(5-8(7)2)6-10-13-11(12)15-14-10/h3-5H,6H2,1-2H3,(H3,12,13,14,15). The summed E-state index contributed by atoms with van der Waals surface area (Å²) in [4.78, 5) is 4.07. The van der Waals surface area contributed by atoms with Crippen molar-refractivity contribution in [2.75, 3.05) is 5.73 Å². The van der Waals surface area contributed by atoms with Crippen LogP contribution in [-0.4, -0.2) is 15.2 Å². The lowest BCUT2D eigenvalue weighted by atomic mass is 10.0. The lowest BCUT2D eigenvalue weighted by Gasteiger charge is -2.02. The summed E-state index contributed by atoms with van der Waals surface area (Å²) < 4.78 is 0. The zero-order valence-corrected chi connectivity index (χ0v) is 8.91. The third-order valence-corrected chi connectivity index (χ3v) is 2.49. The van der Waals surface area contributed by atoms with E-state index in [1.807, 2.05) is 0 Å². The van der Waals surface area contributed by atoms with Crippen molar-refractivity contribution in [1.82, 2.24) is 15.2 Å². The number of benzene rings is 1. The van der Waals surface area contributed by atoms with E-state index < -0.39 is 0 Å². The Hall–Kier alpha value is -1.84. The number of hydrogen-bond donors (Lipinski definition) is 2. The van der Waals surface area contributed by atoms with Crippen molar-refractivity contribution in [3.05, 3.63) is 40.7 Å². The molecule has 78 valence electrons. The summed E-state index contributed by atoms with van der Waals surface area (Å²) in [5, 5.41) is 6.60. The van der Waals surface area contributed by atoms with E-state index in [-0.39, 0.29) is 0 Å². The van der Waals surface area contributed by atoms with Crippen LogP contribution in [0.1, 0.15) is 22.5 Å². The average molecular weight is 202 g/mol. The summed E-state index contributed by atoms with van der Waals surface area (Å²) >= 11 is 0. The van der Waals surface area contributed by atoms with Gasteiger partial charge in [0.2, 0.25) is 5.95 Å². The van der Waals surface area contributed by atoms with Crippen LogP contribution in [0.4, 0.5) is 5.95 Å². The third kappa shape index (κ3) is 2.15. The van der Waals surface area contributed by atoms with E-state index in [0.29, 0.717) is 5.95 Å². The van der Waals surface area contributed by atoms with Gasteiger partial charge in [-0.15, -0.1) is 5.10 Å². The summed E-state index contributed by atoms with van der Waals surface area (Å²) in [5.74, 6) is 1.10. The number of nitrogens with zero attached hydrogens (tertiary/aromatic N) is 2. The van der Waals surface area contributed by atoms with Crippen LogP contribution in [0.5, 0.6) is 0 Å². The number of H-pyrrole nitrogens is 1. The van der Waals surface area contributed by atoms with E-state index in [0.717, 1.165) is 12.2 Å². The van der Waals surface area contributed by atoms with E-state index in [2.05, 4.69) is 47.2 Å². The number of rotatable bonds is 2. The van der Waals surface area contributed by atoms with Gasteiger partial charge >= 0.3 is 0 Å². The summed E-state index contributed by atoms with van der Waals surface area (Å²) in [6, 6.07) is 6.37. The Balaban J connectivity index is 2.21. The maximum atomic E-state index is 5.43. The van der Waals surface area contributed by atoms with Gasteiger partial charge in [0.05, 0.1) is 0 Å². The highest BCUT2D eigenvalue weighted by Gasteiger charge is 2.02. The van der Waals surface area contributed by atoms with Crippen LogP contribution in [0.15, 0.2) is 18.2 Å². The summed E-state index contributed by atoms with van der Waals surface area (Å²) in [6.45, 7) is 4.21. The molecule has 0 saturated heterocycles. The van der Waals surface area contributed by atoms with E-state index in [9.17, 15) is 0 Å². The Morgan fingerprint density at radius 2 is 2.07 bits per heavy atom. The zero-order chi connectivity index (χ0) is 10.8. The molecule has 2 rings (SSSR count). The van der Waals surface area contributed by atoms with E-state index in [1.54, 1.807) is 0 Å². The Labute approximate surface area is 88.5 Å². The van der Waals surface area contributed by atoms with E-state index in [1.165, 1.54) is 16.7 Å². The number of aromatic nitrogens is 3. The predicted molar refractivity (Wildman–Crippen MR) is 59.5 cm³/mol. The van der Waals surface area contributed by atoms with Gasteiger partial charge in [0.15, 0.2) is 0 Å². The van der Waals surface area contributed by atoms with Gasteiger partial charge in [-0.25, -0.2) is 0 Å². The van der Waals surface area contributed by atoms with E-state index in [4.69, 9.17) is 5.73 Å². The highest BCUT2D eigenvalue weighted by Crippen LogP contribution is 2.12. The minimum Gasteiger partial charge on any atom is -0.367 e. The zero-order valence-electron chi connectivity index (χ0n) is 8.91. The van der Waals surface area contributed by atoms with Gasteiger partial charge in [-0.3, -0.25) is 5.10 Å². The third-order valence-electron chi connectivity index (χ3n) is 2.49. The van der Waals surface area contributed by atoms with E-state index >= 15 is 0 Å². The summed E-state index contributed by atoms with van der Waals surface area (Å²) in [6.07, 6.45) is 0.741. The first kappa shape index (κ1) is 9.71. The molecule has 0 atom stereocenters. The molecule has 0 unspecified atom stereocenters. The largest absolute Gasteiger partial charge is 0.367 e. The maximum Gasteiger partial charge on any atom is 0.239 e. The molecule has 0 bridgehead atoms. The number of nitrogens with two attached hydrogens (primary N) is 1. The van der Waals surface area contributed by atoms with Crippen molar-refractivity contribution in [3.8, 4) is 0 Å². The molecule has 0 spiro atoms. The molecular weight excluding hydrogens is 188 g/mol. The number of anilines is 1. The highest BCUT2D eigenvalue weighted by atomic mass is 15.3. The number of aromatic amines is 1. The van der Waals surface area contributed by atoms with Crippen molar-refractivity contribution < 1.29 is 0 Å². The van der Waals surface area contributed by atoms with Gasteiger partial charge < -0.3 is 5.73 Å². The van der Waals surface area contributed by atoms with Crippen molar-refractivity contribution in [3.63, 3.8) is 0 Å². The molecule has 0 aliphatic heterocycles. The Morgan fingerprint density at radius 3 is 2.67 bits per heavy atom. The van der Waals surface area contributed by atoms with Gasteiger partial charge in [-0.2, -0.15) is 4.98 Å². The van der Waals surface area contributed by atoms with Gasteiger partial charge in [0.1, 0.15) is 5.82 Å². The predicted octanol–water partition coefficient (Wildman–Crippen LogP) is 1.59. The molecule has 0 aliphatic carbocycles. The molecule has 4 heteroatoms. The first-order valence-electron chi connectivity index (χ1n) is 4.88. The maximum absolute atomic E-state index is 5.43. The molecular formula is C11H14N4. The SMILES string of the molecule is Cc1ccc(Cc2nc(N)n[nH]2)cc1C. The van der Waals surface area contributed by atoms with Gasteiger partial charge in [0.25, 0.3) is 0 Å². The normalized spacial score (nSPS) is 10.5. The van der Waals surface area contributed by atoms with Crippen molar-refractivity contribution in [2.24, 2.45) is 0 Å². The molecule has 0 aliphatic rings. The number of nitrogens with one attached hydrogen (secondary N) is 1. The average Bonchev–Trinajstić information content (AvgIpc) is 2.58. The van der Waals surface area contributed by atoms with Crippen molar-refractivity contribution >= 4 is 5.95 Å². The molecule has 1 aromatic heterocycles. The lowest BCUT2D eigenvalue weighted by molar-refractivity contribution is 0.970. The molecule has 0 fully saturated rings. The molecule has 1 heterocycles. The topological polar surface area (TPSA) is 67.6 Å². The Bertz CT molecular complexity index is 473.